The number of hydrogen-bond donors (Lipinski definition) is 4. The molecule has 0 aliphatic carbocycles. The summed E-state index contributed by atoms with van der Waals surface area (Å²) in [5, 5.41) is 28.5. The van der Waals surface area contributed by atoms with Crippen molar-refractivity contribution in [1.82, 2.24) is 0 Å². The van der Waals surface area contributed by atoms with Crippen LogP contribution in [0.15, 0.2) is 30.3 Å². The van der Waals surface area contributed by atoms with Gasteiger partial charge in [-0.05, 0) is 5.56 Å². The highest BCUT2D eigenvalue weighted by Gasteiger charge is 2.42. The number of benzene rings is 1. The van der Waals surface area contributed by atoms with Crippen LogP contribution in [0, 0.1) is 0 Å². The first-order valence-electron chi connectivity index (χ1n) is 6.17. The Morgan fingerprint density at radius 2 is 1.84 bits per heavy atom. The predicted octanol–water partition coefficient (Wildman–Crippen LogP) is -1.03. The molecule has 6 nitrogen and oxygen atoms in total. The Hall–Kier alpha value is -1.02. The van der Waals surface area contributed by atoms with Gasteiger partial charge in [-0.15, -0.1) is 0 Å². The van der Waals surface area contributed by atoms with Gasteiger partial charge in [0.15, 0.2) is 6.29 Å². The third-order valence-corrected chi connectivity index (χ3v) is 3.19. The molecule has 1 saturated heterocycles. The van der Waals surface area contributed by atoms with E-state index in [1.165, 1.54) is 0 Å². The lowest BCUT2D eigenvalue weighted by molar-refractivity contribution is -0.269. The highest BCUT2D eigenvalue weighted by atomic mass is 16.7. The Bertz CT molecular complexity index is 386. The maximum Gasteiger partial charge on any atom is 0.176 e. The molecule has 1 aliphatic heterocycles. The number of aliphatic hydroxyl groups is 3. The van der Waals surface area contributed by atoms with Gasteiger partial charge in [-0.25, -0.2) is 0 Å². The van der Waals surface area contributed by atoms with Crippen LogP contribution in [-0.2, 0) is 16.1 Å². The molecule has 106 valence electrons. The van der Waals surface area contributed by atoms with Crippen molar-refractivity contribution in [2.24, 2.45) is 5.73 Å². The first-order chi connectivity index (χ1) is 9.13. The fourth-order valence-electron chi connectivity index (χ4n) is 2.01. The SMILES string of the molecule is N[C@H]1C(OCc2ccccc2)O[C@H](CO)[C@@H](O)[C@@H]1O. The lowest BCUT2D eigenvalue weighted by atomic mass is 9.98. The first-order valence-corrected chi connectivity index (χ1v) is 6.17. The van der Waals surface area contributed by atoms with Crippen LogP contribution in [0.3, 0.4) is 0 Å². The van der Waals surface area contributed by atoms with E-state index in [0.717, 1.165) is 5.56 Å². The van der Waals surface area contributed by atoms with Crippen LogP contribution >= 0.6 is 0 Å². The van der Waals surface area contributed by atoms with E-state index in [4.69, 9.17) is 20.3 Å². The van der Waals surface area contributed by atoms with Gasteiger partial charge in [0, 0.05) is 0 Å². The van der Waals surface area contributed by atoms with Crippen LogP contribution in [0.1, 0.15) is 5.56 Å². The zero-order valence-corrected chi connectivity index (χ0v) is 10.4. The van der Waals surface area contributed by atoms with Crippen LogP contribution in [0.25, 0.3) is 0 Å². The molecule has 0 amide bonds. The van der Waals surface area contributed by atoms with Crippen molar-refractivity contribution in [3.8, 4) is 0 Å². The lowest BCUT2D eigenvalue weighted by Gasteiger charge is -2.40. The van der Waals surface area contributed by atoms with E-state index in [-0.39, 0.29) is 6.61 Å². The van der Waals surface area contributed by atoms with Gasteiger partial charge in [0.05, 0.1) is 19.3 Å². The van der Waals surface area contributed by atoms with Gasteiger partial charge in [-0.2, -0.15) is 0 Å². The standard InChI is InChI=1S/C13H19NO5/c14-10-12(17)11(16)9(6-15)19-13(10)18-7-8-4-2-1-3-5-8/h1-5,9-13,15-17H,6-7,14H2/t9-,10-,11-,12-,13?/m1/s1. The largest absolute Gasteiger partial charge is 0.394 e. The van der Waals surface area contributed by atoms with Crippen LogP contribution in [0.5, 0.6) is 0 Å². The predicted molar refractivity (Wildman–Crippen MR) is 67.0 cm³/mol. The molecule has 2 rings (SSSR count). The molecule has 0 spiro atoms. The zero-order chi connectivity index (χ0) is 13.8. The summed E-state index contributed by atoms with van der Waals surface area (Å²) in [6.07, 6.45) is -4.16. The van der Waals surface area contributed by atoms with Gasteiger partial charge in [-0.3, -0.25) is 0 Å². The first kappa shape index (κ1) is 14.4. The zero-order valence-electron chi connectivity index (χ0n) is 10.4. The fourth-order valence-corrected chi connectivity index (χ4v) is 2.01. The van der Waals surface area contributed by atoms with Crippen molar-refractivity contribution in [3.05, 3.63) is 35.9 Å². The van der Waals surface area contributed by atoms with Crippen molar-refractivity contribution in [2.75, 3.05) is 6.61 Å². The minimum Gasteiger partial charge on any atom is -0.394 e. The summed E-state index contributed by atoms with van der Waals surface area (Å²) in [4.78, 5) is 0. The molecule has 1 aliphatic rings. The van der Waals surface area contributed by atoms with E-state index in [1.54, 1.807) is 0 Å². The van der Waals surface area contributed by atoms with Crippen molar-refractivity contribution < 1.29 is 24.8 Å². The summed E-state index contributed by atoms with van der Waals surface area (Å²) in [6.45, 7) is -0.129. The topological polar surface area (TPSA) is 105 Å². The molecule has 0 bridgehead atoms. The van der Waals surface area contributed by atoms with Crippen molar-refractivity contribution in [2.45, 2.75) is 37.3 Å². The number of nitrogens with two attached hydrogens (primary N) is 1. The summed E-state index contributed by atoms with van der Waals surface area (Å²) < 4.78 is 10.8. The van der Waals surface area contributed by atoms with E-state index in [2.05, 4.69) is 0 Å². The second kappa shape index (κ2) is 6.42. The minimum absolute atomic E-state index is 0.278. The summed E-state index contributed by atoms with van der Waals surface area (Å²) in [6, 6.07) is 8.59. The molecule has 1 aromatic rings. The smallest absolute Gasteiger partial charge is 0.176 e. The maximum atomic E-state index is 9.77. The molecule has 1 aromatic carbocycles. The minimum atomic E-state index is -1.21. The molecule has 1 heterocycles. The third kappa shape index (κ3) is 3.30. The van der Waals surface area contributed by atoms with Crippen molar-refractivity contribution in [3.63, 3.8) is 0 Å². The van der Waals surface area contributed by atoms with Crippen molar-refractivity contribution >= 4 is 0 Å². The van der Waals surface area contributed by atoms with Gasteiger partial charge < -0.3 is 30.5 Å². The molecule has 0 radical (unpaired) electrons. The average Bonchev–Trinajstić information content (AvgIpc) is 2.45. The molecular weight excluding hydrogens is 250 g/mol. The number of aliphatic hydroxyl groups excluding tert-OH is 3. The molecular formula is C13H19NO5. The highest BCUT2D eigenvalue weighted by Crippen LogP contribution is 2.21. The molecule has 5 atom stereocenters. The maximum absolute atomic E-state index is 9.77. The number of rotatable bonds is 4. The van der Waals surface area contributed by atoms with Crippen LogP contribution in [0.4, 0.5) is 0 Å². The number of hydrogen-bond acceptors (Lipinski definition) is 6. The molecule has 0 aromatic heterocycles. The molecule has 0 saturated carbocycles. The third-order valence-electron chi connectivity index (χ3n) is 3.19. The quantitative estimate of drug-likeness (QED) is 0.557. The van der Waals surface area contributed by atoms with Gasteiger partial charge in [0.25, 0.3) is 0 Å². The summed E-state index contributed by atoms with van der Waals surface area (Å²) in [7, 11) is 0. The summed E-state index contributed by atoms with van der Waals surface area (Å²) in [5.74, 6) is 0. The average molecular weight is 269 g/mol. The van der Waals surface area contributed by atoms with E-state index in [0.29, 0.717) is 0 Å². The highest BCUT2D eigenvalue weighted by molar-refractivity contribution is 5.13. The second-order valence-corrected chi connectivity index (χ2v) is 4.58. The Morgan fingerprint density at radius 3 is 2.47 bits per heavy atom. The molecule has 1 fully saturated rings. The molecule has 19 heavy (non-hydrogen) atoms. The van der Waals surface area contributed by atoms with Gasteiger partial charge in [0.1, 0.15) is 18.3 Å². The monoisotopic (exact) mass is 269 g/mol. The van der Waals surface area contributed by atoms with Crippen LogP contribution in [0.2, 0.25) is 0 Å². The normalized spacial score (nSPS) is 35.3. The van der Waals surface area contributed by atoms with E-state index < -0.39 is 37.3 Å². The Morgan fingerprint density at radius 1 is 1.16 bits per heavy atom. The summed E-state index contributed by atoms with van der Waals surface area (Å²) >= 11 is 0. The number of ether oxygens (including phenoxy) is 2. The van der Waals surface area contributed by atoms with Gasteiger partial charge in [0.2, 0.25) is 0 Å². The van der Waals surface area contributed by atoms with Crippen LogP contribution in [-0.4, -0.2) is 52.6 Å². The van der Waals surface area contributed by atoms with Gasteiger partial charge in [-0.1, -0.05) is 30.3 Å². The lowest BCUT2D eigenvalue weighted by Crippen LogP contribution is -2.62. The van der Waals surface area contributed by atoms with Gasteiger partial charge >= 0.3 is 0 Å². The second-order valence-electron chi connectivity index (χ2n) is 4.58. The van der Waals surface area contributed by atoms with Crippen LogP contribution < -0.4 is 5.73 Å². The van der Waals surface area contributed by atoms with Crippen molar-refractivity contribution in [1.29, 1.82) is 0 Å². The Kier molecular flexibility index (Phi) is 4.87. The fraction of sp³-hybridized carbons (Fsp3) is 0.538. The molecule has 5 N–H and O–H groups in total. The van der Waals surface area contributed by atoms with E-state index in [9.17, 15) is 10.2 Å². The Labute approximate surface area is 111 Å². The Balaban J connectivity index is 1.95. The molecule has 6 heteroatoms. The summed E-state index contributed by atoms with van der Waals surface area (Å²) in [5.41, 5.74) is 6.70. The van der Waals surface area contributed by atoms with E-state index >= 15 is 0 Å². The van der Waals surface area contributed by atoms with E-state index in [1.807, 2.05) is 30.3 Å². The molecule has 1 unspecified atom stereocenters.